The number of unbranched alkanes of at least 4 members (excludes halogenated alkanes) is 2. The van der Waals surface area contributed by atoms with E-state index >= 15 is 0 Å². The van der Waals surface area contributed by atoms with E-state index in [4.69, 9.17) is 5.73 Å². The molecular weight excluding hydrogens is 176 g/mol. The van der Waals surface area contributed by atoms with E-state index in [1.165, 1.54) is 19.3 Å². The third kappa shape index (κ3) is 3.20. The second kappa shape index (κ2) is 5.42. The predicted octanol–water partition coefficient (Wildman–Crippen LogP) is 1.69. The van der Waals surface area contributed by atoms with Gasteiger partial charge >= 0.3 is 0 Å². The van der Waals surface area contributed by atoms with Crippen LogP contribution in [0.2, 0.25) is 0 Å². The van der Waals surface area contributed by atoms with Crippen LogP contribution in [0.1, 0.15) is 26.2 Å². The Morgan fingerprint density at radius 1 is 1.43 bits per heavy atom. The molecule has 0 atom stereocenters. The molecule has 4 nitrogen and oxygen atoms in total. The van der Waals surface area contributed by atoms with Gasteiger partial charge in [0.05, 0.1) is 0 Å². The summed E-state index contributed by atoms with van der Waals surface area (Å²) in [6, 6.07) is 1.70. The number of anilines is 2. The first-order valence-corrected chi connectivity index (χ1v) is 5.03. The van der Waals surface area contributed by atoms with Crippen LogP contribution in [-0.2, 0) is 0 Å². The highest BCUT2D eigenvalue weighted by Gasteiger charge is 2.02. The molecule has 0 saturated carbocycles. The molecule has 14 heavy (non-hydrogen) atoms. The van der Waals surface area contributed by atoms with Gasteiger partial charge in [-0.15, -0.1) is 0 Å². The smallest absolute Gasteiger partial charge is 0.226 e. The van der Waals surface area contributed by atoms with Crippen molar-refractivity contribution in [3.8, 4) is 0 Å². The van der Waals surface area contributed by atoms with Crippen LogP contribution in [-0.4, -0.2) is 23.6 Å². The van der Waals surface area contributed by atoms with Gasteiger partial charge in [0, 0.05) is 19.8 Å². The van der Waals surface area contributed by atoms with Gasteiger partial charge < -0.3 is 10.6 Å². The number of hydrogen-bond acceptors (Lipinski definition) is 4. The lowest BCUT2D eigenvalue weighted by molar-refractivity contribution is 0.696. The van der Waals surface area contributed by atoms with Crippen molar-refractivity contribution in [2.24, 2.45) is 0 Å². The van der Waals surface area contributed by atoms with Gasteiger partial charge in [0.2, 0.25) is 5.95 Å². The van der Waals surface area contributed by atoms with E-state index in [1.54, 1.807) is 12.3 Å². The van der Waals surface area contributed by atoms with E-state index in [0.29, 0.717) is 11.8 Å². The van der Waals surface area contributed by atoms with Gasteiger partial charge in [-0.1, -0.05) is 19.8 Å². The van der Waals surface area contributed by atoms with E-state index in [2.05, 4.69) is 16.9 Å². The van der Waals surface area contributed by atoms with Crippen molar-refractivity contribution >= 4 is 11.8 Å². The van der Waals surface area contributed by atoms with Crippen molar-refractivity contribution < 1.29 is 0 Å². The number of nitrogens with two attached hydrogens (primary N) is 1. The van der Waals surface area contributed by atoms with Crippen molar-refractivity contribution in [3.05, 3.63) is 12.3 Å². The molecule has 0 aliphatic rings. The van der Waals surface area contributed by atoms with Gasteiger partial charge in [-0.25, -0.2) is 4.98 Å². The van der Waals surface area contributed by atoms with E-state index in [1.807, 2.05) is 11.9 Å². The van der Waals surface area contributed by atoms with Gasteiger partial charge in [-0.3, -0.25) is 0 Å². The summed E-state index contributed by atoms with van der Waals surface area (Å²) in [5.74, 6) is 1.23. The standard InChI is InChI=1S/C10H18N4/c1-3-4-5-8-14(2)10-12-7-6-9(11)13-10/h6-7H,3-5,8H2,1-2H3,(H2,11,12,13). The third-order valence-electron chi connectivity index (χ3n) is 2.10. The second-order valence-corrected chi connectivity index (χ2v) is 3.41. The number of rotatable bonds is 5. The number of aromatic nitrogens is 2. The fourth-order valence-corrected chi connectivity index (χ4v) is 1.24. The van der Waals surface area contributed by atoms with Crippen LogP contribution in [0.15, 0.2) is 12.3 Å². The molecule has 0 aromatic carbocycles. The first kappa shape index (κ1) is 10.8. The van der Waals surface area contributed by atoms with Crippen molar-refractivity contribution in [2.75, 3.05) is 24.2 Å². The largest absolute Gasteiger partial charge is 0.384 e. The van der Waals surface area contributed by atoms with Crippen molar-refractivity contribution in [1.82, 2.24) is 9.97 Å². The first-order chi connectivity index (χ1) is 6.74. The molecule has 0 aliphatic heterocycles. The molecule has 1 heterocycles. The molecular formula is C10H18N4. The normalized spacial score (nSPS) is 10.1. The summed E-state index contributed by atoms with van der Waals surface area (Å²) in [4.78, 5) is 10.3. The van der Waals surface area contributed by atoms with Crippen molar-refractivity contribution in [2.45, 2.75) is 26.2 Å². The van der Waals surface area contributed by atoms with Crippen molar-refractivity contribution in [3.63, 3.8) is 0 Å². The molecule has 1 aromatic rings. The zero-order chi connectivity index (χ0) is 10.4. The van der Waals surface area contributed by atoms with E-state index in [0.717, 1.165) is 6.54 Å². The van der Waals surface area contributed by atoms with E-state index in [-0.39, 0.29) is 0 Å². The SMILES string of the molecule is CCCCCN(C)c1nccc(N)n1. The summed E-state index contributed by atoms with van der Waals surface area (Å²) in [5.41, 5.74) is 5.57. The Hall–Kier alpha value is -1.32. The third-order valence-corrected chi connectivity index (χ3v) is 2.10. The quantitative estimate of drug-likeness (QED) is 0.725. The van der Waals surface area contributed by atoms with Crippen LogP contribution >= 0.6 is 0 Å². The first-order valence-electron chi connectivity index (χ1n) is 5.03. The molecule has 0 radical (unpaired) electrons. The van der Waals surface area contributed by atoms with Crippen LogP contribution in [0.3, 0.4) is 0 Å². The number of nitrogens with zero attached hydrogens (tertiary/aromatic N) is 3. The monoisotopic (exact) mass is 194 g/mol. The molecule has 0 aliphatic carbocycles. The fourth-order valence-electron chi connectivity index (χ4n) is 1.24. The molecule has 0 unspecified atom stereocenters. The summed E-state index contributed by atoms with van der Waals surface area (Å²) in [5, 5.41) is 0. The summed E-state index contributed by atoms with van der Waals surface area (Å²) >= 11 is 0. The molecule has 78 valence electrons. The minimum absolute atomic E-state index is 0.525. The Morgan fingerprint density at radius 2 is 2.21 bits per heavy atom. The van der Waals surface area contributed by atoms with Crippen LogP contribution < -0.4 is 10.6 Å². The highest BCUT2D eigenvalue weighted by molar-refractivity contribution is 5.36. The molecule has 1 aromatic heterocycles. The van der Waals surface area contributed by atoms with Crippen LogP contribution in [0.25, 0.3) is 0 Å². The van der Waals surface area contributed by atoms with E-state index < -0.39 is 0 Å². The summed E-state index contributed by atoms with van der Waals surface area (Å²) in [6.45, 7) is 3.17. The van der Waals surface area contributed by atoms with Gasteiger partial charge in [0.15, 0.2) is 0 Å². The van der Waals surface area contributed by atoms with Crippen LogP contribution in [0.5, 0.6) is 0 Å². The van der Waals surface area contributed by atoms with Gasteiger partial charge in [0.1, 0.15) is 5.82 Å². The zero-order valence-electron chi connectivity index (χ0n) is 8.90. The summed E-state index contributed by atoms with van der Waals surface area (Å²) in [6.07, 6.45) is 5.33. The molecule has 0 amide bonds. The maximum absolute atomic E-state index is 5.57. The van der Waals surface area contributed by atoms with Gasteiger partial charge in [0.25, 0.3) is 0 Å². The van der Waals surface area contributed by atoms with Crippen molar-refractivity contribution in [1.29, 1.82) is 0 Å². The molecule has 0 saturated heterocycles. The second-order valence-electron chi connectivity index (χ2n) is 3.41. The van der Waals surface area contributed by atoms with Gasteiger partial charge in [-0.05, 0) is 12.5 Å². The lowest BCUT2D eigenvalue weighted by Crippen LogP contribution is -2.21. The lowest BCUT2D eigenvalue weighted by Gasteiger charge is -2.16. The average molecular weight is 194 g/mol. The Labute approximate surface area is 85.2 Å². The number of hydrogen-bond donors (Lipinski definition) is 1. The van der Waals surface area contributed by atoms with Gasteiger partial charge in [-0.2, -0.15) is 4.98 Å². The molecule has 4 heteroatoms. The Bertz CT molecular complexity index is 275. The van der Waals surface area contributed by atoms with E-state index in [9.17, 15) is 0 Å². The molecule has 0 fully saturated rings. The molecule has 0 bridgehead atoms. The minimum Gasteiger partial charge on any atom is -0.384 e. The molecule has 0 spiro atoms. The molecule has 2 N–H and O–H groups in total. The maximum Gasteiger partial charge on any atom is 0.226 e. The topological polar surface area (TPSA) is 55.0 Å². The van der Waals surface area contributed by atoms with Crippen LogP contribution in [0, 0.1) is 0 Å². The lowest BCUT2D eigenvalue weighted by atomic mass is 10.2. The Balaban J connectivity index is 2.47. The summed E-state index contributed by atoms with van der Waals surface area (Å²) < 4.78 is 0. The highest BCUT2D eigenvalue weighted by Crippen LogP contribution is 2.07. The Kier molecular flexibility index (Phi) is 4.16. The fraction of sp³-hybridized carbons (Fsp3) is 0.600. The predicted molar refractivity (Wildman–Crippen MR) is 59.2 cm³/mol. The zero-order valence-corrected chi connectivity index (χ0v) is 8.90. The van der Waals surface area contributed by atoms with Crippen LogP contribution in [0.4, 0.5) is 11.8 Å². The number of nitrogen functional groups attached to an aromatic ring is 1. The summed E-state index contributed by atoms with van der Waals surface area (Å²) in [7, 11) is 1.99. The average Bonchev–Trinajstić information content (AvgIpc) is 2.18. The Morgan fingerprint density at radius 3 is 2.86 bits per heavy atom. The maximum atomic E-state index is 5.57. The molecule has 1 rings (SSSR count). The minimum atomic E-state index is 0.525. The highest BCUT2D eigenvalue weighted by atomic mass is 15.2.